The van der Waals surface area contributed by atoms with Gasteiger partial charge in [0.25, 0.3) is 0 Å². The molecule has 1 heterocycles. The van der Waals surface area contributed by atoms with Crippen LogP contribution >= 0.6 is 0 Å². The van der Waals surface area contributed by atoms with Crippen LogP contribution in [0.2, 0.25) is 0 Å². The summed E-state index contributed by atoms with van der Waals surface area (Å²) in [4.78, 5) is 13.4. The molecule has 0 bridgehead atoms. The number of carbonyl (C=O) groups excluding carboxylic acids is 1. The van der Waals surface area contributed by atoms with Crippen LogP contribution < -0.4 is 0 Å². The second-order valence-electron chi connectivity index (χ2n) is 4.51. The van der Waals surface area contributed by atoms with Crippen molar-refractivity contribution < 1.29 is 9.53 Å². The summed E-state index contributed by atoms with van der Waals surface area (Å²) in [6.45, 7) is 5.23. The number of rotatable bonds is 3. The van der Waals surface area contributed by atoms with Crippen LogP contribution in [0.5, 0.6) is 0 Å². The third kappa shape index (κ3) is 2.59. The first-order valence-corrected chi connectivity index (χ1v) is 5.86. The minimum atomic E-state index is -0.289. The Bertz CT molecular complexity index is 240. The van der Waals surface area contributed by atoms with Crippen molar-refractivity contribution in [2.75, 3.05) is 13.1 Å². The lowest BCUT2D eigenvalue weighted by atomic mass is 9.92. The molecule has 0 unspecified atom stereocenters. The van der Waals surface area contributed by atoms with Crippen LogP contribution in [0.4, 0.5) is 0 Å². The van der Waals surface area contributed by atoms with E-state index in [1.165, 1.54) is 38.2 Å². The van der Waals surface area contributed by atoms with Gasteiger partial charge in [-0.1, -0.05) is 25.8 Å². The highest BCUT2D eigenvalue weighted by atomic mass is 16.5. The van der Waals surface area contributed by atoms with Crippen molar-refractivity contribution in [3.63, 3.8) is 0 Å². The smallest absolute Gasteiger partial charge is 0.330 e. The van der Waals surface area contributed by atoms with E-state index in [1.807, 2.05) is 0 Å². The average Bonchev–Trinajstić information content (AvgIpc) is 2.23. The lowest BCUT2D eigenvalue weighted by molar-refractivity contribution is -0.153. The number of ether oxygens (including phenoxy) is 1. The van der Waals surface area contributed by atoms with E-state index in [9.17, 15) is 4.79 Å². The molecule has 0 aromatic carbocycles. The van der Waals surface area contributed by atoms with E-state index >= 15 is 0 Å². The van der Waals surface area contributed by atoms with Crippen molar-refractivity contribution in [1.29, 1.82) is 0 Å². The summed E-state index contributed by atoms with van der Waals surface area (Å²) in [5.41, 5.74) is 0. The van der Waals surface area contributed by atoms with Crippen molar-refractivity contribution in [2.24, 2.45) is 0 Å². The Hall–Kier alpha value is -0.830. The molecule has 0 radical (unpaired) electrons. The molecule has 0 N–H and O–H groups in total. The van der Waals surface area contributed by atoms with Gasteiger partial charge in [-0.2, -0.15) is 0 Å². The molecule has 0 aromatic rings. The fourth-order valence-electron chi connectivity index (χ4n) is 2.50. The summed E-state index contributed by atoms with van der Waals surface area (Å²) in [6.07, 6.45) is 8.10. The van der Waals surface area contributed by atoms with E-state index in [4.69, 9.17) is 4.74 Å². The van der Waals surface area contributed by atoms with E-state index in [-0.39, 0.29) is 12.1 Å². The van der Waals surface area contributed by atoms with Gasteiger partial charge in [-0.05, 0) is 12.8 Å². The molecular weight excluding hydrogens is 190 g/mol. The fraction of sp³-hybridized carbons (Fsp3) is 0.750. The zero-order valence-electron chi connectivity index (χ0n) is 9.15. The molecule has 0 amide bonds. The van der Waals surface area contributed by atoms with Crippen LogP contribution in [0.3, 0.4) is 0 Å². The molecule has 1 aliphatic heterocycles. The van der Waals surface area contributed by atoms with Crippen LogP contribution in [-0.4, -0.2) is 36.1 Å². The SMILES string of the molecule is C=CC(=O)OC1CN(C2CCCCC2)C1. The van der Waals surface area contributed by atoms with Crippen LogP contribution in [0.15, 0.2) is 12.7 Å². The summed E-state index contributed by atoms with van der Waals surface area (Å²) in [6, 6.07) is 0.748. The van der Waals surface area contributed by atoms with E-state index < -0.39 is 0 Å². The second-order valence-corrected chi connectivity index (χ2v) is 4.51. The standard InChI is InChI=1S/C12H19NO2/c1-2-12(14)15-11-8-13(9-11)10-6-4-3-5-7-10/h2,10-11H,1,3-9H2. The van der Waals surface area contributed by atoms with Gasteiger partial charge in [0.15, 0.2) is 0 Å². The Morgan fingerprint density at radius 1 is 1.27 bits per heavy atom. The molecule has 0 spiro atoms. The van der Waals surface area contributed by atoms with Crippen LogP contribution in [0, 0.1) is 0 Å². The predicted octanol–water partition coefficient (Wildman–Crippen LogP) is 1.73. The van der Waals surface area contributed by atoms with Crippen molar-refractivity contribution >= 4 is 5.97 Å². The minimum absolute atomic E-state index is 0.109. The van der Waals surface area contributed by atoms with Gasteiger partial charge in [-0.3, -0.25) is 4.90 Å². The molecule has 84 valence electrons. The van der Waals surface area contributed by atoms with E-state index in [2.05, 4.69) is 11.5 Å². The number of esters is 1. The molecule has 1 saturated heterocycles. The maximum Gasteiger partial charge on any atom is 0.330 e. The van der Waals surface area contributed by atoms with Crippen LogP contribution in [0.25, 0.3) is 0 Å². The van der Waals surface area contributed by atoms with Gasteiger partial charge in [0.2, 0.25) is 0 Å². The van der Waals surface area contributed by atoms with Gasteiger partial charge >= 0.3 is 5.97 Å². The predicted molar refractivity (Wildman–Crippen MR) is 58.5 cm³/mol. The van der Waals surface area contributed by atoms with Crippen molar-refractivity contribution in [3.8, 4) is 0 Å². The Labute approximate surface area is 91.1 Å². The normalized spacial score (nSPS) is 24.5. The van der Waals surface area contributed by atoms with Crippen LogP contribution in [0.1, 0.15) is 32.1 Å². The number of carbonyl (C=O) groups is 1. The molecule has 1 saturated carbocycles. The highest BCUT2D eigenvalue weighted by molar-refractivity contribution is 5.81. The molecule has 0 aromatic heterocycles. The van der Waals surface area contributed by atoms with Gasteiger partial charge in [0.1, 0.15) is 6.10 Å². The summed E-state index contributed by atoms with van der Waals surface area (Å²) in [5.74, 6) is -0.289. The summed E-state index contributed by atoms with van der Waals surface area (Å²) in [7, 11) is 0. The first-order valence-electron chi connectivity index (χ1n) is 5.86. The first-order chi connectivity index (χ1) is 7.29. The summed E-state index contributed by atoms with van der Waals surface area (Å²) < 4.78 is 5.16. The number of hydrogen-bond donors (Lipinski definition) is 0. The third-order valence-electron chi connectivity index (χ3n) is 3.42. The molecule has 15 heavy (non-hydrogen) atoms. The lowest BCUT2D eigenvalue weighted by Gasteiger charge is -2.44. The van der Waals surface area contributed by atoms with Gasteiger partial charge < -0.3 is 4.74 Å². The topological polar surface area (TPSA) is 29.5 Å². The van der Waals surface area contributed by atoms with Gasteiger partial charge in [-0.25, -0.2) is 4.79 Å². The first kappa shape index (κ1) is 10.7. The highest BCUT2D eigenvalue weighted by Gasteiger charge is 2.34. The Balaban J connectivity index is 1.68. The van der Waals surface area contributed by atoms with E-state index in [1.54, 1.807) is 0 Å². The highest BCUT2D eigenvalue weighted by Crippen LogP contribution is 2.26. The summed E-state index contributed by atoms with van der Waals surface area (Å²) >= 11 is 0. The van der Waals surface area contributed by atoms with Gasteiger partial charge in [0.05, 0.1) is 0 Å². The monoisotopic (exact) mass is 209 g/mol. The van der Waals surface area contributed by atoms with Gasteiger partial charge in [-0.15, -0.1) is 0 Å². The molecule has 2 aliphatic rings. The molecule has 2 fully saturated rings. The number of nitrogens with zero attached hydrogens (tertiary/aromatic N) is 1. The quantitative estimate of drug-likeness (QED) is 0.523. The second kappa shape index (κ2) is 4.79. The fourth-order valence-corrected chi connectivity index (χ4v) is 2.50. The maximum absolute atomic E-state index is 10.9. The largest absolute Gasteiger partial charge is 0.456 e. The van der Waals surface area contributed by atoms with Crippen molar-refractivity contribution in [2.45, 2.75) is 44.2 Å². The molecule has 1 aliphatic carbocycles. The lowest BCUT2D eigenvalue weighted by Crippen LogP contribution is -2.57. The van der Waals surface area contributed by atoms with Crippen molar-refractivity contribution in [3.05, 3.63) is 12.7 Å². The molecule has 3 heteroatoms. The summed E-state index contributed by atoms with van der Waals surface area (Å²) in [5, 5.41) is 0. The Morgan fingerprint density at radius 2 is 1.93 bits per heavy atom. The Morgan fingerprint density at radius 3 is 2.53 bits per heavy atom. The van der Waals surface area contributed by atoms with Gasteiger partial charge in [0, 0.05) is 25.2 Å². The van der Waals surface area contributed by atoms with E-state index in [0.29, 0.717) is 0 Å². The maximum atomic E-state index is 10.9. The number of likely N-dealkylation sites (tertiary alicyclic amines) is 1. The van der Waals surface area contributed by atoms with Crippen LogP contribution in [-0.2, 0) is 9.53 Å². The third-order valence-corrected chi connectivity index (χ3v) is 3.42. The van der Waals surface area contributed by atoms with E-state index in [0.717, 1.165) is 19.1 Å². The molecular formula is C12H19NO2. The average molecular weight is 209 g/mol. The number of hydrogen-bond acceptors (Lipinski definition) is 3. The molecule has 2 rings (SSSR count). The zero-order chi connectivity index (χ0) is 10.7. The molecule has 3 nitrogen and oxygen atoms in total. The minimum Gasteiger partial charge on any atom is -0.456 e. The van der Waals surface area contributed by atoms with Crippen molar-refractivity contribution in [1.82, 2.24) is 4.90 Å². The zero-order valence-corrected chi connectivity index (χ0v) is 9.15. The molecule has 0 atom stereocenters. The Kier molecular flexibility index (Phi) is 3.41.